The first-order valence-electron chi connectivity index (χ1n) is 8.87. The van der Waals surface area contributed by atoms with Crippen molar-refractivity contribution >= 4 is 17.7 Å². The Morgan fingerprint density at radius 3 is 2.17 bits per heavy atom. The van der Waals surface area contributed by atoms with Gasteiger partial charge in [-0.05, 0) is 42.4 Å². The lowest BCUT2D eigenvalue weighted by molar-refractivity contribution is -0.184. The van der Waals surface area contributed by atoms with E-state index in [4.69, 9.17) is 9.47 Å². The molecule has 0 bridgehead atoms. The summed E-state index contributed by atoms with van der Waals surface area (Å²) in [5.41, 5.74) is -0.639. The van der Waals surface area contributed by atoms with Gasteiger partial charge in [0.15, 0.2) is 12.4 Å². The van der Waals surface area contributed by atoms with Gasteiger partial charge >= 0.3 is 11.9 Å². The van der Waals surface area contributed by atoms with Crippen LogP contribution < -0.4 is 0 Å². The summed E-state index contributed by atoms with van der Waals surface area (Å²) in [5.74, 6) is -0.266. The van der Waals surface area contributed by atoms with E-state index in [-0.39, 0.29) is 41.2 Å². The predicted molar refractivity (Wildman–Crippen MR) is 87.0 cm³/mol. The Balaban J connectivity index is 1.96. The van der Waals surface area contributed by atoms with Gasteiger partial charge in [0.05, 0.1) is 5.41 Å². The van der Waals surface area contributed by atoms with E-state index in [1.807, 2.05) is 0 Å². The molecule has 0 spiro atoms. The van der Waals surface area contributed by atoms with Gasteiger partial charge in [0.2, 0.25) is 0 Å². The molecule has 0 amide bonds. The first-order chi connectivity index (χ1) is 11.0. The van der Waals surface area contributed by atoms with Crippen molar-refractivity contribution in [2.75, 3.05) is 6.61 Å². The standard InChI is InChI=1S/C19H28O5/c1-11(20)23-10-15(22)19-7-6-18(19,5)14-9-17(3,4)8-13(14)16(19)24-12(2)21/h13-14,16H,6-10H2,1-5H3/t13-,14+,16?,18-,19-/m1/s1. The SMILES string of the molecule is CC(=O)OCC(=O)[C@@]12CC[C@]1(C)[C@H]1CC(C)(C)C[C@H]1C2OC(C)=O. The molecule has 3 saturated carbocycles. The maximum Gasteiger partial charge on any atom is 0.303 e. The van der Waals surface area contributed by atoms with Gasteiger partial charge in [0.1, 0.15) is 6.10 Å². The molecule has 0 aromatic carbocycles. The van der Waals surface area contributed by atoms with Crippen LogP contribution in [0.3, 0.4) is 0 Å². The number of Topliss-reactive ketones (excluding diaryl/α,β-unsaturated/α-hetero) is 1. The molecular formula is C19H28O5. The van der Waals surface area contributed by atoms with E-state index in [1.54, 1.807) is 0 Å². The lowest BCUT2D eigenvalue weighted by atomic mass is 9.47. The second-order valence-corrected chi connectivity index (χ2v) is 8.97. The molecule has 1 unspecified atom stereocenters. The third-order valence-electron chi connectivity index (χ3n) is 7.03. The molecule has 3 aliphatic rings. The average molecular weight is 336 g/mol. The molecule has 0 aromatic rings. The van der Waals surface area contributed by atoms with E-state index in [0.717, 1.165) is 25.7 Å². The highest BCUT2D eigenvalue weighted by atomic mass is 16.5. The molecule has 0 heterocycles. The van der Waals surface area contributed by atoms with Gasteiger partial charge in [0.25, 0.3) is 0 Å². The fraction of sp³-hybridized carbons (Fsp3) is 0.842. The van der Waals surface area contributed by atoms with Crippen LogP contribution in [-0.2, 0) is 23.9 Å². The summed E-state index contributed by atoms with van der Waals surface area (Å²) in [6.07, 6.45) is 3.31. The van der Waals surface area contributed by atoms with Gasteiger partial charge in [-0.1, -0.05) is 20.8 Å². The van der Waals surface area contributed by atoms with Crippen LogP contribution in [-0.4, -0.2) is 30.4 Å². The number of hydrogen-bond acceptors (Lipinski definition) is 5. The number of hydrogen-bond donors (Lipinski definition) is 0. The zero-order chi connectivity index (χ0) is 17.9. The van der Waals surface area contributed by atoms with Crippen molar-refractivity contribution in [2.24, 2.45) is 28.1 Å². The van der Waals surface area contributed by atoms with Crippen LogP contribution in [0.25, 0.3) is 0 Å². The minimum Gasteiger partial charge on any atom is -0.461 e. The highest BCUT2D eigenvalue weighted by Gasteiger charge is 2.77. The molecule has 5 atom stereocenters. The summed E-state index contributed by atoms with van der Waals surface area (Å²) in [7, 11) is 0. The van der Waals surface area contributed by atoms with E-state index in [9.17, 15) is 14.4 Å². The maximum absolute atomic E-state index is 13.1. The molecular weight excluding hydrogens is 308 g/mol. The van der Waals surface area contributed by atoms with Crippen molar-refractivity contribution in [3.8, 4) is 0 Å². The van der Waals surface area contributed by atoms with Crippen LogP contribution in [0.5, 0.6) is 0 Å². The van der Waals surface area contributed by atoms with Crippen molar-refractivity contribution in [3.63, 3.8) is 0 Å². The fourth-order valence-electron chi connectivity index (χ4n) is 6.04. The molecule has 0 aliphatic heterocycles. The number of ether oxygens (including phenoxy) is 2. The second-order valence-electron chi connectivity index (χ2n) is 8.97. The molecule has 5 heteroatoms. The maximum atomic E-state index is 13.1. The fourth-order valence-corrected chi connectivity index (χ4v) is 6.04. The first kappa shape index (κ1) is 17.4. The molecule has 0 saturated heterocycles. The molecule has 0 radical (unpaired) electrons. The van der Waals surface area contributed by atoms with Crippen LogP contribution in [0.1, 0.15) is 60.3 Å². The van der Waals surface area contributed by atoms with E-state index in [1.165, 1.54) is 13.8 Å². The third-order valence-corrected chi connectivity index (χ3v) is 7.03. The molecule has 24 heavy (non-hydrogen) atoms. The number of ketones is 1. The molecule has 0 N–H and O–H groups in total. The van der Waals surface area contributed by atoms with E-state index in [0.29, 0.717) is 5.92 Å². The molecule has 3 aliphatic carbocycles. The minimum atomic E-state index is -0.681. The Kier molecular flexibility index (Phi) is 3.85. The normalized spacial score (nSPS) is 41.8. The smallest absolute Gasteiger partial charge is 0.303 e. The minimum absolute atomic E-state index is 0.0788. The number of rotatable bonds is 4. The van der Waals surface area contributed by atoms with Gasteiger partial charge in [-0.3, -0.25) is 14.4 Å². The molecule has 0 aromatic heterocycles. The lowest BCUT2D eigenvalue weighted by Gasteiger charge is -2.56. The third kappa shape index (κ3) is 2.23. The molecule has 3 rings (SSSR count). The quantitative estimate of drug-likeness (QED) is 0.738. The van der Waals surface area contributed by atoms with E-state index >= 15 is 0 Å². The van der Waals surface area contributed by atoms with Gasteiger partial charge in [-0.25, -0.2) is 0 Å². The zero-order valence-corrected chi connectivity index (χ0v) is 15.3. The first-order valence-corrected chi connectivity index (χ1v) is 8.87. The van der Waals surface area contributed by atoms with Gasteiger partial charge in [-0.15, -0.1) is 0 Å². The summed E-state index contributed by atoms with van der Waals surface area (Å²) in [6.45, 7) is 9.17. The van der Waals surface area contributed by atoms with Crippen LogP contribution in [0.4, 0.5) is 0 Å². The van der Waals surface area contributed by atoms with Gasteiger partial charge in [-0.2, -0.15) is 0 Å². The molecule has 134 valence electrons. The van der Waals surface area contributed by atoms with Crippen LogP contribution in [0.15, 0.2) is 0 Å². The average Bonchev–Trinajstić information content (AvgIpc) is 2.82. The highest BCUT2D eigenvalue weighted by molar-refractivity contribution is 5.91. The Labute approximate surface area is 143 Å². The topological polar surface area (TPSA) is 69.7 Å². The summed E-state index contributed by atoms with van der Waals surface area (Å²) < 4.78 is 10.7. The lowest BCUT2D eigenvalue weighted by Crippen LogP contribution is -2.60. The summed E-state index contributed by atoms with van der Waals surface area (Å²) >= 11 is 0. The van der Waals surface area contributed by atoms with Crippen LogP contribution in [0.2, 0.25) is 0 Å². The predicted octanol–water partition coefficient (Wildman–Crippen LogP) is 2.90. The number of fused-ring (bicyclic) bond motifs is 3. The largest absolute Gasteiger partial charge is 0.461 e. The Bertz CT molecular complexity index is 595. The number of carbonyl (C=O) groups is 3. The Morgan fingerprint density at radius 1 is 1.00 bits per heavy atom. The zero-order valence-electron chi connectivity index (χ0n) is 15.3. The van der Waals surface area contributed by atoms with Crippen molar-refractivity contribution in [3.05, 3.63) is 0 Å². The number of carbonyl (C=O) groups excluding carboxylic acids is 3. The van der Waals surface area contributed by atoms with E-state index < -0.39 is 11.4 Å². The number of esters is 2. The van der Waals surface area contributed by atoms with Gasteiger partial charge < -0.3 is 9.47 Å². The Hall–Kier alpha value is -1.39. The van der Waals surface area contributed by atoms with Gasteiger partial charge in [0, 0.05) is 19.8 Å². The van der Waals surface area contributed by atoms with Crippen LogP contribution in [0, 0.1) is 28.1 Å². The molecule has 3 fully saturated rings. The Morgan fingerprint density at radius 2 is 1.67 bits per heavy atom. The summed E-state index contributed by atoms with van der Waals surface area (Å²) in [6, 6.07) is 0. The molecule has 5 nitrogen and oxygen atoms in total. The monoisotopic (exact) mass is 336 g/mol. The van der Waals surface area contributed by atoms with Crippen LogP contribution >= 0.6 is 0 Å². The van der Waals surface area contributed by atoms with Crippen molar-refractivity contribution in [2.45, 2.75) is 66.4 Å². The van der Waals surface area contributed by atoms with E-state index in [2.05, 4.69) is 20.8 Å². The van der Waals surface area contributed by atoms with Crippen molar-refractivity contribution < 1.29 is 23.9 Å². The highest BCUT2D eigenvalue weighted by Crippen LogP contribution is 2.76. The van der Waals surface area contributed by atoms with Crippen molar-refractivity contribution in [1.29, 1.82) is 0 Å². The second kappa shape index (κ2) is 5.30. The summed E-state index contributed by atoms with van der Waals surface area (Å²) in [4.78, 5) is 35.9. The van der Waals surface area contributed by atoms with Crippen molar-refractivity contribution in [1.82, 2.24) is 0 Å². The summed E-state index contributed by atoms with van der Waals surface area (Å²) in [5, 5.41) is 0.